The summed E-state index contributed by atoms with van der Waals surface area (Å²) >= 11 is 0. The smallest absolute Gasteiger partial charge is 0.0437 e. The van der Waals surface area contributed by atoms with E-state index in [1.165, 1.54) is 31.4 Å². The van der Waals surface area contributed by atoms with Gasteiger partial charge in [-0.25, -0.2) is 0 Å². The Hall–Kier alpha value is -0.850. The molecule has 0 amide bonds. The molecule has 1 fully saturated rings. The van der Waals surface area contributed by atoms with E-state index in [0.29, 0.717) is 0 Å². The fourth-order valence-electron chi connectivity index (χ4n) is 2.35. The summed E-state index contributed by atoms with van der Waals surface area (Å²) in [4.78, 5) is 4.45. The van der Waals surface area contributed by atoms with Gasteiger partial charge in [0.1, 0.15) is 0 Å². The zero-order chi connectivity index (χ0) is 9.10. The molecule has 0 saturated heterocycles. The van der Waals surface area contributed by atoms with Crippen molar-refractivity contribution < 1.29 is 0 Å². The lowest BCUT2D eigenvalue weighted by Gasteiger charge is -2.28. The third-order valence-electron chi connectivity index (χ3n) is 3.18. The first-order chi connectivity index (χ1) is 6.38. The van der Waals surface area contributed by atoms with Crippen LogP contribution in [0.3, 0.4) is 0 Å². The highest BCUT2D eigenvalue weighted by Gasteiger charge is 2.23. The summed E-state index contributed by atoms with van der Waals surface area (Å²) in [6.07, 6.45) is 7.41. The normalized spacial score (nSPS) is 28.7. The van der Waals surface area contributed by atoms with Crippen molar-refractivity contribution >= 4 is 0 Å². The Bertz CT molecular complexity index is 255. The molecule has 2 rings (SSSR count). The van der Waals surface area contributed by atoms with Crippen molar-refractivity contribution in [1.82, 2.24) is 4.98 Å². The quantitative estimate of drug-likeness (QED) is 0.637. The summed E-state index contributed by atoms with van der Waals surface area (Å²) in [5.41, 5.74) is 1.30. The zero-order valence-corrected chi connectivity index (χ0v) is 8.24. The Labute approximate surface area is 80.2 Å². The van der Waals surface area contributed by atoms with Crippen LogP contribution in [0, 0.1) is 5.92 Å². The van der Waals surface area contributed by atoms with E-state index < -0.39 is 0 Å². The number of aromatic nitrogens is 1. The Morgan fingerprint density at radius 1 is 1.23 bits per heavy atom. The predicted molar refractivity (Wildman–Crippen MR) is 54.6 cm³/mol. The first kappa shape index (κ1) is 8.74. The molecular formula is C12H17N. The molecule has 0 aliphatic heterocycles. The fourth-order valence-corrected chi connectivity index (χ4v) is 2.35. The van der Waals surface area contributed by atoms with E-state index in [1.807, 2.05) is 12.3 Å². The van der Waals surface area contributed by atoms with Gasteiger partial charge in [0.25, 0.3) is 0 Å². The highest BCUT2D eigenvalue weighted by molar-refractivity contribution is 5.11. The van der Waals surface area contributed by atoms with Gasteiger partial charge in [-0.1, -0.05) is 32.3 Å². The molecule has 1 aromatic heterocycles. The van der Waals surface area contributed by atoms with Gasteiger partial charge in [0.2, 0.25) is 0 Å². The molecule has 0 N–H and O–H groups in total. The monoisotopic (exact) mass is 175 g/mol. The predicted octanol–water partition coefficient (Wildman–Crippen LogP) is 3.38. The summed E-state index contributed by atoms with van der Waals surface area (Å²) in [5.74, 6) is 1.54. The topological polar surface area (TPSA) is 12.9 Å². The average Bonchev–Trinajstić information content (AvgIpc) is 2.20. The largest absolute Gasteiger partial charge is 0.261 e. The van der Waals surface area contributed by atoms with Gasteiger partial charge in [0, 0.05) is 17.8 Å². The minimum absolute atomic E-state index is 0.718. The van der Waals surface area contributed by atoms with E-state index in [-0.39, 0.29) is 0 Å². The van der Waals surface area contributed by atoms with Crippen molar-refractivity contribution in [1.29, 1.82) is 0 Å². The summed E-state index contributed by atoms with van der Waals surface area (Å²) in [5, 5.41) is 0. The van der Waals surface area contributed by atoms with Crippen LogP contribution in [-0.4, -0.2) is 4.98 Å². The van der Waals surface area contributed by atoms with Crippen molar-refractivity contribution in [2.45, 2.75) is 38.5 Å². The van der Waals surface area contributed by atoms with Crippen LogP contribution in [0.25, 0.3) is 0 Å². The van der Waals surface area contributed by atoms with E-state index in [0.717, 1.165) is 11.8 Å². The Morgan fingerprint density at radius 2 is 2.08 bits per heavy atom. The van der Waals surface area contributed by atoms with Crippen LogP contribution in [0.2, 0.25) is 0 Å². The van der Waals surface area contributed by atoms with E-state index in [2.05, 4.69) is 24.0 Å². The van der Waals surface area contributed by atoms with Crippen LogP contribution in [-0.2, 0) is 0 Å². The van der Waals surface area contributed by atoms with Crippen molar-refractivity contribution in [2.24, 2.45) is 5.92 Å². The lowest BCUT2D eigenvalue weighted by molar-refractivity contribution is 0.325. The first-order valence-corrected chi connectivity index (χ1v) is 5.29. The summed E-state index contributed by atoms with van der Waals surface area (Å²) < 4.78 is 0. The fraction of sp³-hybridized carbons (Fsp3) is 0.583. The number of nitrogens with zero attached hydrogens (tertiary/aromatic N) is 1. The number of hydrogen-bond donors (Lipinski definition) is 0. The van der Waals surface area contributed by atoms with Crippen molar-refractivity contribution in [3.63, 3.8) is 0 Å². The van der Waals surface area contributed by atoms with Gasteiger partial charge in [0.15, 0.2) is 0 Å². The standard InChI is InChI=1S/C12H17N/c1-10-6-2-3-7-11(10)12-8-4-5-9-13-12/h4-5,8-11H,2-3,6-7H2,1H3. The molecule has 1 aromatic rings. The minimum atomic E-state index is 0.718. The van der Waals surface area contributed by atoms with E-state index in [4.69, 9.17) is 0 Å². The molecular weight excluding hydrogens is 158 g/mol. The molecule has 0 bridgehead atoms. The second-order valence-corrected chi connectivity index (χ2v) is 4.12. The molecule has 0 radical (unpaired) electrons. The highest BCUT2D eigenvalue weighted by Crippen LogP contribution is 2.36. The average molecular weight is 175 g/mol. The summed E-state index contributed by atoms with van der Waals surface area (Å²) in [7, 11) is 0. The Morgan fingerprint density at radius 3 is 2.77 bits per heavy atom. The summed E-state index contributed by atoms with van der Waals surface area (Å²) in [6, 6.07) is 6.27. The van der Waals surface area contributed by atoms with Crippen LogP contribution in [0.1, 0.15) is 44.2 Å². The second kappa shape index (κ2) is 3.91. The highest BCUT2D eigenvalue weighted by atomic mass is 14.7. The van der Waals surface area contributed by atoms with Crippen LogP contribution >= 0.6 is 0 Å². The SMILES string of the molecule is CC1CCCCC1c1ccccn1. The van der Waals surface area contributed by atoms with Gasteiger partial charge in [-0.2, -0.15) is 0 Å². The van der Waals surface area contributed by atoms with Gasteiger partial charge in [-0.3, -0.25) is 4.98 Å². The van der Waals surface area contributed by atoms with Gasteiger partial charge in [-0.15, -0.1) is 0 Å². The number of rotatable bonds is 1. The van der Waals surface area contributed by atoms with Crippen LogP contribution in [0.5, 0.6) is 0 Å². The Balaban J connectivity index is 2.15. The van der Waals surface area contributed by atoms with Crippen LogP contribution < -0.4 is 0 Å². The lowest BCUT2D eigenvalue weighted by atomic mass is 9.78. The molecule has 1 nitrogen and oxygen atoms in total. The van der Waals surface area contributed by atoms with Gasteiger partial charge in [0.05, 0.1) is 0 Å². The maximum Gasteiger partial charge on any atom is 0.0437 e. The zero-order valence-electron chi connectivity index (χ0n) is 8.24. The van der Waals surface area contributed by atoms with E-state index in [9.17, 15) is 0 Å². The van der Waals surface area contributed by atoms with Gasteiger partial charge >= 0.3 is 0 Å². The lowest BCUT2D eigenvalue weighted by Crippen LogP contribution is -2.15. The molecule has 0 spiro atoms. The van der Waals surface area contributed by atoms with Gasteiger partial charge in [-0.05, 0) is 24.5 Å². The minimum Gasteiger partial charge on any atom is -0.261 e. The number of pyridine rings is 1. The van der Waals surface area contributed by atoms with Crippen molar-refractivity contribution in [3.8, 4) is 0 Å². The molecule has 0 aromatic carbocycles. The molecule has 1 aliphatic carbocycles. The molecule has 1 saturated carbocycles. The molecule has 13 heavy (non-hydrogen) atoms. The first-order valence-electron chi connectivity index (χ1n) is 5.29. The van der Waals surface area contributed by atoms with E-state index in [1.54, 1.807) is 0 Å². The molecule has 70 valence electrons. The Kier molecular flexibility index (Phi) is 2.62. The second-order valence-electron chi connectivity index (χ2n) is 4.12. The third kappa shape index (κ3) is 1.90. The van der Waals surface area contributed by atoms with Crippen molar-refractivity contribution in [3.05, 3.63) is 30.1 Å². The number of hydrogen-bond acceptors (Lipinski definition) is 1. The third-order valence-corrected chi connectivity index (χ3v) is 3.18. The molecule has 1 aliphatic rings. The molecule has 2 unspecified atom stereocenters. The van der Waals surface area contributed by atoms with E-state index >= 15 is 0 Å². The molecule has 1 heterocycles. The molecule has 2 atom stereocenters. The maximum absolute atomic E-state index is 4.45. The van der Waals surface area contributed by atoms with Crippen LogP contribution in [0.15, 0.2) is 24.4 Å². The van der Waals surface area contributed by atoms with Gasteiger partial charge < -0.3 is 0 Å². The summed E-state index contributed by atoms with van der Waals surface area (Å²) in [6.45, 7) is 2.36. The van der Waals surface area contributed by atoms with Crippen LogP contribution in [0.4, 0.5) is 0 Å². The maximum atomic E-state index is 4.45. The van der Waals surface area contributed by atoms with Crippen molar-refractivity contribution in [2.75, 3.05) is 0 Å². The molecule has 1 heteroatoms.